The Bertz CT molecular complexity index is 1900. The van der Waals surface area contributed by atoms with Crippen LogP contribution in [-0.4, -0.2) is 42.4 Å². The average Bonchev–Trinajstić information content (AvgIpc) is 3.30. The number of aryl methyl sites for hydroxylation is 1. The number of halogens is 10. The standard InChI is InChI=1S/C13H9Cl2F3N4O.C13H7Cl2F3N4/c1-19-11-8(4-6(5-20-11)13(16,17)18)21-12(23)10-7(14)2-3-9(15)22-10;1-22-11-8(4-6(5-19-11)13(16,17)18)20-12(22)10-7(14)2-3-9(15)21-10/h2-5H,1H3,(H,19,20)(H,21,23);2-5H,1H3. The monoisotopic (exact) mass is 710 g/mol. The van der Waals surface area contributed by atoms with Crippen molar-refractivity contribution < 1.29 is 31.1 Å². The van der Waals surface area contributed by atoms with Gasteiger partial charge in [0.25, 0.3) is 5.91 Å². The van der Waals surface area contributed by atoms with Crippen molar-refractivity contribution in [3.63, 3.8) is 0 Å². The van der Waals surface area contributed by atoms with Crippen molar-refractivity contribution in [2.45, 2.75) is 12.4 Å². The van der Waals surface area contributed by atoms with Gasteiger partial charge in [0.05, 0.1) is 26.9 Å². The van der Waals surface area contributed by atoms with Crippen LogP contribution >= 0.6 is 46.4 Å². The fourth-order valence-electron chi connectivity index (χ4n) is 3.69. The highest BCUT2D eigenvalue weighted by Gasteiger charge is 2.33. The molecule has 0 fully saturated rings. The molecular weight excluding hydrogens is 696 g/mol. The quantitative estimate of drug-likeness (QED) is 0.142. The molecule has 5 rings (SSSR count). The molecule has 19 heteroatoms. The molecule has 236 valence electrons. The van der Waals surface area contributed by atoms with Gasteiger partial charge in [0.1, 0.15) is 33.0 Å². The Kier molecular flexibility index (Phi) is 9.97. The summed E-state index contributed by atoms with van der Waals surface area (Å²) in [6.45, 7) is 0. The Morgan fingerprint density at radius 2 is 1.38 bits per heavy atom. The Labute approximate surface area is 269 Å². The first-order valence-corrected chi connectivity index (χ1v) is 13.6. The number of aromatic nitrogens is 6. The third-order valence-corrected chi connectivity index (χ3v) is 6.82. The number of hydrogen-bond acceptors (Lipinski definition) is 7. The van der Waals surface area contributed by atoms with E-state index in [1.165, 1.54) is 29.8 Å². The molecular formula is C26H16Cl4F6N8O. The number of hydrogen-bond donors (Lipinski definition) is 2. The number of carbonyl (C=O) groups is 1. The Morgan fingerprint density at radius 1 is 0.800 bits per heavy atom. The molecule has 1 amide bonds. The van der Waals surface area contributed by atoms with E-state index >= 15 is 0 Å². The second-order valence-electron chi connectivity index (χ2n) is 8.81. The van der Waals surface area contributed by atoms with Gasteiger partial charge in [-0.05, 0) is 36.4 Å². The average molecular weight is 712 g/mol. The highest BCUT2D eigenvalue weighted by molar-refractivity contribution is 6.35. The van der Waals surface area contributed by atoms with Crippen LogP contribution in [0.15, 0.2) is 48.8 Å². The second-order valence-corrected chi connectivity index (χ2v) is 10.4. The number of carbonyl (C=O) groups excluding carboxylic acids is 1. The van der Waals surface area contributed by atoms with E-state index in [-0.39, 0.29) is 49.6 Å². The van der Waals surface area contributed by atoms with Crippen LogP contribution in [0.25, 0.3) is 22.7 Å². The summed E-state index contributed by atoms with van der Waals surface area (Å²) < 4.78 is 78.0. The first-order chi connectivity index (χ1) is 21.0. The van der Waals surface area contributed by atoms with Crippen LogP contribution in [0.2, 0.25) is 20.4 Å². The molecule has 0 saturated heterocycles. The van der Waals surface area contributed by atoms with Gasteiger partial charge in [-0.25, -0.2) is 24.9 Å². The Hall–Kier alpha value is -3.92. The number of amides is 1. The summed E-state index contributed by atoms with van der Waals surface area (Å²) in [6, 6.07) is 7.48. The molecule has 2 N–H and O–H groups in total. The summed E-state index contributed by atoms with van der Waals surface area (Å²) in [4.78, 5) is 31.6. The van der Waals surface area contributed by atoms with Crippen LogP contribution < -0.4 is 10.6 Å². The largest absolute Gasteiger partial charge is 0.417 e. The molecule has 0 unspecified atom stereocenters. The minimum Gasteiger partial charge on any atom is -0.371 e. The van der Waals surface area contributed by atoms with Gasteiger partial charge in [-0.1, -0.05) is 46.4 Å². The summed E-state index contributed by atoms with van der Waals surface area (Å²) in [7, 11) is 3.07. The van der Waals surface area contributed by atoms with Crippen molar-refractivity contribution in [3.05, 3.63) is 86.0 Å². The summed E-state index contributed by atoms with van der Waals surface area (Å²) in [6.07, 6.45) is -7.65. The highest BCUT2D eigenvalue weighted by Crippen LogP contribution is 2.34. The van der Waals surface area contributed by atoms with Crippen LogP contribution in [0, 0.1) is 0 Å². The Morgan fingerprint density at radius 3 is 2.00 bits per heavy atom. The topological polar surface area (TPSA) is 111 Å². The molecule has 0 aliphatic heterocycles. The molecule has 5 heterocycles. The van der Waals surface area contributed by atoms with Crippen LogP contribution in [0.4, 0.5) is 37.8 Å². The number of nitrogens with zero attached hydrogens (tertiary/aromatic N) is 6. The van der Waals surface area contributed by atoms with E-state index in [0.29, 0.717) is 16.9 Å². The third kappa shape index (κ3) is 7.84. The van der Waals surface area contributed by atoms with E-state index < -0.39 is 29.4 Å². The fraction of sp³-hybridized carbons (Fsp3) is 0.154. The SMILES string of the molecule is CNc1ncc(C(F)(F)F)cc1NC(=O)c1nc(Cl)ccc1Cl.Cn1c(-c2nc(Cl)ccc2Cl)nc2cc(C(F)(F)F)cnc21. The van der Waals surface area contributed by atoms with Crippen molar-refractivity contribution in [2.75, 3.05) is 17.7 Å². The number of fused-ring (bicyclic) bond motifs is 1. The van der Waals surface area contributed by atoms with Gasteiger partial charge in [-0.2, -0.15) is 26.3 Å². The summed E-state index contributed by atoms with van der Waals surface area (Å²) in [5.74, 6) is -0.464. The van der Waals surface area contributed by atoms with Gasteiger partial charge in [0.15, 0.2) is 11.5 Å². The molecule has 0 radical (unpaired) electrons. The zero-order valence-electron chi connectivity index (χ0n) is 22.5. The number of pyridine rings is 4. The number of alkyl halides is 6. The predicted octanol–water partition coefficient (Wildman–Crippen LogP) is 8.45. The second kappa shape index (κ2) is 13.2. The predicted molar refractivity (Wildman–Crippen MR) is 158 cm³/mol. The van der Waals surface area contributed by atoms with Crippen molar-refractivity contribution >= 4 is 75.0 Å². The lowest BCUT2D eigenvalue weighted by Crippen LogP contribution is -2.17. The molecule has 0 spiro atoms. The van der Waals surface area contributed by atoms with Crippen LogP contribution in [0.5, 0.6) is 0 Å². The normalized spacial score (nSPS) is 11.6. The highest BCUT2D eigenvalue weighted by atomic mass is 35.5. The maximum Gasteiger partial charge on any atom is 0.417 e. The van der Waals surface area contributed by atoms with E-state index in [0.717, 1.165) is 18.3 Å². The lowest BCUT2D eigenvalue weighted by molar-refractivity contribution is -0.138. The number of anilines is 2. The molecule has 0 aliphatic rings. The number of rotatable bonds is 4. The van der Waals surface area contributed by atoms with E-state index in [9.17, 15) is 31.1 Å². The number of nitrogens with one attached hydrogen (secondary N) is 2. The van der Waals surface area contributed by atoms with Crippen molar-refractivity contribution in [3.8, 4) is 11.5 Å². The smallest absolute Gasteiger partial charge is 0.371 e. The molecule has 0 bridgehead atoms. The summed E-state index contributed by atoms with van der Waals surface area (Å²) in [5.41, 5.74) is -1.57. The van der Waals surface area contributed by atoms with Crippen LogP contribution in [-0.2, 0) is 19.4 Å². The molecule has 0 aromatic carbocycles. The van der Waals surface area contributed by atoms with E-state index in [1.807, 2.05) is 0 Å². The van der Waals surface area contributed by atoms with E-state index in [1.54, 1.807) is 13.1 Å². The molecule has 0 aliphatic carbocycles. The van der Waals surface area contributed by atoms with Gasteiger partial charge < -0.3 is 15.2 Å². The fourth-order valence-corrected chi connectivity index (χ4v) is 4.37. The summed E-state index contributed by atoms with van der Waals surface area (Å²) >= 11 is 23.4. The number of imidazole rings is 1. The molecule has 5 aromatic heterocycles. The lowest BCUT2D eigenvalue weighted by Gasteiger charge is -2.13. The molecule has 45 heavy (non-hydrogen) atoms. The van der Waals surface area contributed by atoms with E-state index in [2.05, 4.69) is 35.6 Å². The van der Waals surface area contributed by atoms with Crippen molar-refractivity contribution in [1.29, 1.82) is 0 Å². The first kappa shape index (κ1) is 34.0. The minimum atomic E-state index is -4.59. The lowest BCUT2D eigenvalue weighted by atomic mass is 10.2. The molecule has 0 atom stereocenters. The molecule has 0 saturated carbocycles. The maximum atomic E-state index is 12.8. The van der Waals surface area contributed by atoms with Gasteiger partial charge in [0, 0.05) is 26.5 Å². The third-order valence-electron chi connectivity index (χ3n) is 5.79. The first-order valence-electron chi connectivity index (χ1n) is 12.1. The van der Waals surface area contributed by atoms with Gasteiger partial charge in [-0.3, -0.25) is 4.79 Å². The maximum absolute atomic E-state index is 12.8. The summed E-state index contributed by atoms with van der Waals surface area (Å²) in [5, 5.41) is 5.40. The van der Waals surface area contributed by atoms with Crippen molar-refractivity contribution in [1.82, 2.24) is 29.5 Å². The van der Waals surface area contributed by atoms with Gasteiger partial charge in [0.2, 0.25) is 0 Å². The van der Waals surface area contributed by atoms with Gasteiger partial charge in [-0.15, -0.1) is 0 Å². The Balaban J connectivity index is 0.000000205. The van der Waals surface area contributed by atoms with Crippen LogP contribution in [0.1, 0.15) is 21.6 Å². The van der Waals surface area contributed by atoms with Crippen molar-refractivity contribution in [2.24, 2.45) is 7.05 Å². The van der Waals surface area contributed by atoms with Crippen LogP contribution in [0.3, 0.4) is 0 Å². The van der Waals surface area contributed by atoms with E-state index in [4.69, 9.17) is 46.4 Å². The minimum absolute atomic E-state index is 0.0119. The zero-order chi connectivity index (χ0) is 33.3. The molecule has 9 nitrogen and oxygen atoms in total. The molecule has 5 aromatic rings. The zero-order valence-corrected chi connectivity index (χ0v) is 25.5. The van der Waals surface area contributed by atoms with Gasteiger partial charge >= 0.3 is 12.4 Å².